The first-order valence-electron chi connectivity index (χ1n) is 9.41. The molecule has 1 aromatic rings. The van der Waals surface area contributed by atoms with Gasteiger partial charge in [-0.15, -0.1) is 0 Å². The SMILES string of the molecule is CN(C)CC(C)(C)CNC(=O)C1CCN(C(=O)Nc2ccccc2Cl)CC1. The number of piperidine rings is 1. The highest BCUT2D eigenvalue weighted by Crippen LogP contribution is 2.23. The Morgan fingerprint density at radius 1 is 1.22 bits per heavy atom. The van der Waals surface area contributed by atoms with E-state index in [9.17, 15) is 9.59 Å². The van der Waals surface area contributed by atoms with E-state index < -0.39 is 0 Å². The van der Waals surface area contributed by atoms with Gasteiger partial charge in [0.1, 0.15) is 0 Å². The van der Waals surface area contributed by atoms with Crippen molar-refractivity contribution in [3.63, 3.8) is 0 Å². The fraction of sp³-hybridized carbons (Fsp3) is 0.600. The van der Waals surface area contributed by atoms with Crippen molar-refractivity contribution in [2.45, 2.75) is 26.7 Å². The van der Waals surface area contributed by atoms with Gasteiger partial charge in [0, 0.05) is 32.1 Å². The number of likely N-dealkylation sites (tertiary alicyclic amines) is 1. The maximum Gasteiger partial charge on any atom is 0.321 e. The second kappa shape index (κ2) is 9.42. The third-order valence-electron chi connectivity index (χ3n) is 4.75. The number of nitrogens with zero attached hydrogens (tertiary/aromatic N) is 2. The maximum atomic E-state index is 12.5. The van der Waals surface area contributed by atoms with Gasteiger partial charge >= 0.3 is 6.03 Å². The van der Waals surface area contributed by atoms with E-state index in [0.717, 1.165) is 6.54 Å². The molecule has 3 amide bonds. The molecular formula is C20H31ClN4O2. The van der Waals surface area contributed by atoms with Gasteiger partial charge in [0.2, 0.25) is 5.91 Å². The number of nitrogens with one attached hydrogen (secondary N) is 2. The molecule has 1 aromatic carbocycles. The average molecular weight is 395 g/mol. The summed E-state index contributed by atoms with van der Waals surface area (Å²) in [6, 6.07) is 6.99. The molecule has 27 heavy (non-hydrogen) atoms. The number of urea groups is 1. The van der Waals surface area contributed by atoms with Crippen LogP contribution < -0.4 is 10.6 Å². The summed E-state index contributed by atoms with van der Waals surface area (Å²) in [7, 11) is 4.07. The summed E-state index contributed by atoms with van der Waals surface area (Å²) < 4.78 is 0. The van der Waals surface area contributed by atoms with Crippen LogP contribution in [-0.2, 0) is 4.79 Å². The van der Waals surface area contributed by atoms with Crippen molar-refractivity contribution in [2.75, 3.05) is 45.6 Å². The summed E-state index contributed by atoms with van der Waals surface area (Å²) >= 11 is 6.09. The van der Waals surface area contributed by atoms with E-state index in [4.69, 9.17) is 11.6 Å². The molecule has 0 atom stereocenters. The van der Waals surface area contributed by atoms with Gasteiger partial charge in [0.05, 0.1) is 10.7 Å². The summed E-state index contributed by atoms with van der Waals surface area (Å²) in [5.74, 6) is 0.0533. The molecular weight excluding hydrogens is 364 g/mol. The van der Waals surface area contributed by atoms with Gasteiger partial charge in [-0.1, -0.05) is 37.6 Å². The molecule has 1 aliphatic rings. The Morgan fingerprint density at radius 3 is 2.44 bits per heavy atom. The van der Waals surface area contributed by atoms with Crippen molar-refractivity contribution in [1.29, 1.82) is 0 Å². The van der Waals surface area contributed by atoms with Crippen LogP contribution in [0.5, 0.6) is 0 Å². The predicted molar refractivity (Wildman–Crippen MR) is 110 cm³/mol. The van der Waals surface area contributed by atoms with E-state index in [1.165, 1.54) is 0 Å². The lowest BCUT2D eigenvalue weighted by Crippen LogP contribution is -2.46. The molecule has 0 aliphatic carbocycles. The lowest BCUT2D eigenvalue weighted by Gasteiger charge is -2.33. The number of para-hydroxylation sites is 1. The van der Waals surface area contributed by atoms with Crippen LogP contribution in [0.3, 0.4) is 0 Å². The van der Waals surface area contributed by atoms with Crippen molar-refractivity contribution in [1.82, 2.24) is 15.1 Å². The van der Waals surface area contributed by atoms with Crippen LogP contribution in [0, 0.1) is 11.3 Å². The first kappa shape index (κ1) is 21.5. The molecule has 0 spiro atoms. The molecule has 0 aromatic heterocycles. The molecule has 7 heteroatoms. The topological polar surface area (TPSA) is 64.7 Å². The van der Waals surface area contributed by atoms with Crippen LogP contribution in [0.1, 0.15) is 26.7 Å². The molecule has 0 radical (unpaired) electrons. The van der Waals surface area contributed by atoms with E-state index in [-0.39, 0.29) is 23.3 Å². The summed E-state index contributed by atoms with van der Waals surface area (Å²) in [5, 5.41) is 6.44. The van der Waals surface area contributed by atoms with Crippen LogP contribution in [0.4, 0.5) is 10.5 Å². The number of hydrogen-bond acceptors (Lipinski definition) is 3. The Balaban J connectivity index is 1.78. The Bertz CT molecular complexity index is 655. The van der Waals surface area contributed by atoms with Gasteiger partial charge < -0.3 is 20.4 Å². The van der Waals surface area contributed by atoms with Crippen LogP contribution in [0.25, 0.3) is 0 Å². The second-order valence-electron chi connectivity index (χ2n) is 8.29. The van der Waals surface area contributed by atoms with Crippen molar-refractivity contribution < 1.29 is 9.59 Å². The van der Waals surface area contributed by atoms with E-state index in [2.05, 4.69) is 29.4 Å². The van der Waals surface area contributed by atoms with Crippen LogP contribution in [-0.4, -0.2) is 62.0 Å². The van der Waals surface area contributed by atoms with Gasteiger partial charge in [-0.25, -0.2) is 4.79 Å². The molecule has 6 nitrogen and oxygen atoms in total. The van der Waals surface area contributed by atoms with Crippen LogP contribution in [0.2, 0.25) is 5.02 Å². The fourth-order valence-electron chi connectivity index (χ4n) is 3.48. The average Bonchev–Trinajstić information content (AvgIpc) is 2.61. The van der Waals surface area contributed by atoms with Gasteiger partial charge in [0.25, 0.3) is 0 Å². The lowest BCUT2D eigenvalue weighted by molar-refractivity contribution is -0.126. The minimum atomic E-state index is -0.172. The molecule has 0 unspecified atom stereocenters. The Labute approximate surface area is 167 Å². The highest BCUT2D eigenvalue weighted by atomic mass is 35.5. The monoisotopic (exact) mass is 394 g/mol. The van der Waals surface area contributed by atoms with Crippen molar-refractivity contribution >= 4 is 29.2 Å². The summed E-state index contributed by atoms with van der Waals surface area (Å²) in [6.45, 7) is 6.99. The number of carbonyl (C=O) groups excluding carboxylic acids is 2. The first-order chi connectivity index (χ1) is 12.7. The fourth-order valence-corrected chi connectivity index (χ4v) is 3.67. The molecule has 1 saturated heterocycles. The standard InChI is InChI=1S/C20H31ClN4O2/c1-20(2,14-24(3)4)13-22-18(26)15-9-11-25(12-10-15)19(27)23-17-8-6-5-7-16(17)21/h5-8,15H,9-14H2,1-4H3,(H,22,26)(H,23,27). The number of rotatable bonds is 6. The van der Waals surface area contributed by atoms with E-state index in [0.29, 0.717) is 43.2 Å². The predicted octanol–water partition coefficient (Wildman–Crippen LogP) is 3.29. The molecule has 2 rings (SSSR count). The highest BCUT2D eigenvalue weighted by molar-refractivity contribution is 6.33. The second-order valence-corrected chi connectivity index (χ2v) is 8.70. The largest absolute Gasteiger partial charge is 0.355 e. The number of benzene rings is 1. The van der Waals surface area contributed by atoms with Crippen LogP contribution >= 0.6 is 11.6 Å². The summed E-state index contributed by atoms with van der Waals surface area (Å²) in [6.07, 6.45) is 1.35. The molecule has 0 bridgehead atoms. The Morgan fingerprint density at radius 2 is 1.85 bits per heavy atom. The molecule has 2 N–H and O–H groups in total. The Hall–Kier alpha value is -1.79. The van der Waals surface area contributed by atoms with Gasteiger partial charge in [0.15, 0.2) is 0 Å². The molecule has 150 valence electrons. The number of amides is 3. The highest BCUT2D eigenvalue weighted by Gasteiger charge is 2.29. The lowest BCUT2D eigenvalue weighted by atomic mass is 9.91. The number of carbonyl (C=O) groups is 2. The van der Waals surface area contributed by atoms with E-state index in [1.807, 2.05) is 26.2 Å². The number of halogens is 1. The van der Waals surface area contributed by atoms with Gasteiger partial charge in [-0.05, 0) is 44.5 Å². The third-order valence-corrected chi connectivity index (χ3v) is 5.08. The van der Waals surface area contributed by atoms with Gasteiger partial charge in [-0.3, -0.25) is 4.79 Å². The van der Waals surface area contributed by atoms with Crippen molar-refractivity contribution in [2.24, 2.45) is 11.3 Å². The number of hydrogen-bond donors (Lipinski definition) is 2. The molecule has 0 saturated carbocycles. The zero-order valence-electron chi connectivity index (χ0n) is 16.7. The number of anilines is 1. The maximum absolute atomic E-state index is 12.5. The van der Waals surface area contributed by atoms with Crippen molar-refractivity contribution in [3.8, 4) is 0 Å². The quantitative estimate of drug-likeness (QED) is 0.778. The molecule has 1 heterocycles. The van der Waals surface area contributed by atoms with Crippen LogP contribution in [0.15, 0.2) is 24.3 Å². The minimum Gasteiger partial charge on any atom is -0.355 e. The van der Waals surface area contributed by atoms with E-state index in [1.54, 1.807) is 17.0 Å². The molecule has 1 aliphatic heterocycles. The summed E-state index contributed by atoms with van der Waals surface area (Å²) in [5.41, 5.74) is 0.626. The third kappa shape index (κ3) is 6.70. The minimum absolute atomic E-state index is 0.0225. The van der Waals surface area contributed by atoms with Crippen molar-refractivity contribution in [3.05, 3.63) is 29.3 Å². The first-order valence-corrected chi connectivity index (χ1v) is 9.79. The molecule has 1 fully saturated rings. The zero-order chi connectivity index (χ0) is 20.0. The van der Waals surface area contributed by atoms with E-state index >= 15 is 0 Å². The summed E-state index contributed by atoms with van der Waals surface area (Å²) in [4.78, 5) is 28.8. The Kier molecular flexibility index (Phi) is 7.50. The smallest absolute Gasteiger partial charge is 0.321 e. The zero-order valence-corrected chi connectivity index (χ0v) is 17.5. The van der Waals surface area contributed by atoms with Gasteiger partial charge in [-0.2, -0.15) is 0 Å². The normalized spacial score (nSPS) is 15.7.